The lowest BCUT2D eigenvalue weighted by Crippen LogP contribution is -2.53. The second-order valence-electron chi connectivity index (χ2n) is 7.90. The number of carbonyl (C=O) groups excluding carboxylic acids is 1. The van der Waals surface area contributed by atoms with Crippen molar-refractivity contribution in [3.8, 4) is 5.75 Å². The van der Waals surface area contributed by atoms with E-state index in [1.54, 1.807) is 13.0 Å². The van der Waals surface area contributed by atoms with Crippen LogP contribution in [0.2, 0.25) is 0 Å². The zero-order chi connectivity index (χ0) is 16.9. The van der Waals surface area contributed by atoms with Gasteiger partial charge in [-0.25, -0.2) is 0 Å². The number of carbonyl (C=O) groups is 1. The Kier molecular flexibility index (Phi) is 3.58. The van der Waals surface area contributed by atoms with E-state index in [-0.39, 0.29) is 22.8 Å². The van der Waals surface area contributed by atoms with E-state index in [1.807, 2.05) is 0 Å². The van der Waals surface area contributed by atoms with Crippen molar-refractivity contribution in [1.82, 2.24) is 4.98 Å². The van der Waals surface area contributed by atoms with Gasteiger partial charge in [-0.2, -0.15) is 0 Å². The minimum atomic E-state index is -0.677. The fourth-order valence-corrected chi connectivity index (χ4v) is 5.70. The van der Waals surface area contributed by atoms with Crippen LogP contribution in [-0.2, 0) is 4.79 Å². The van der Waals surface area contributed by atoms with Crippen molar-refractivity contribution in [3.05, 3.63) is 28.4 Å². The molecule has 0 radical (unpaired) electrons. The van der Waals surface area contributed by atoms with Crippen LogP contribution in [0.3, 0.4) is 0 Å². The summed E-state index contributed by atoms with van der Waals surface area (Å²) >= 11 is 0. The van der Waals surface area contributed by atoms with Crippen molar-refractivity contribution in [1.29, 1.82) is 0 Å². The van der Waals surface area contributed by atoms with Crippen molar-refractivity contribution in [3.63, 3.8) is 0 Å². The van der Waals surface area contributed by atoms with Crippen LogP contribution in [0, 0.1) is 33.3 Å². The van der Waals surface area contributed by atoms with Crippen molar-refractivity contribution in [2.24, 2.45) is 23.2 Å². The first kappa shape index (κ1) is 15.5. The number of ketones is 1. The average molecular weight is 330 g/mol. The molecule has 1 heterocycles. The summed E-state index contributed by atoms with van der Waals surface area (Å²) in [6.45, 7) is 1.72. The summed E-state index contributed by atoms with van der Waals surface area (Å²) in [5, 5.41) is 11.1. The highest BCUT2D eigenvalue weighted by Crippen LogP contribution is 2.60. The third kappa shape index (κ3) is 2.48. The number of rotatable bonds is 5. The predicted octanol–water partition coefficient (Wildman–Crippen LogP) is 3.54. The van der Waals surface area contributed by atoms with Crippen LogP contribution in [0.15, 0.2) is 18.3 Å². The molecule has 0 saturated heterocycles. The van der Waals surface area contributed by atoms with Crippen LogP contribution in [0.5, 0.6) is 5.75 Å². The molecule has 4 fully saturated rings. The van der Waals surface area contributed by atoms with Gasteiger partial charge in [-0.3, -0.25) is 4.79 Å². The number of ether oxygens (including phenoxy) is 1. The molecule has 0 spiro atoms. The van der Waals surface area contributed by atoms with Gasteiger partial charge in [0.05, 0.1) is 0 Å². The Balaban J connectivity index is 1.54. The predicted molar refractivity (Wildman–Crippen MR) is 86.6 cm³/mol. The zero-order valence-corrected chi connectivity index (χ0v) is 13.8. The van der Waals surface area contributed by atoms with Crippen LogP contribution in [0.1, 0.15) is 45.4 Å². The average Bonchev–Trinajstić information content (AvgIpc) is 2.53. The largest absolute Gasteiger partial charge is 0.475 e. The molecule has 0 N–H and O–H groups in total. The van der Waals surface area contributed by atoms with Crippen LogP contribution < -0.4 is 4.74 Å². The number of nitro groups is 1. The molecule has 24 heavy (non-hydrogen) atoms. The smallest absolute Gasteiger partial charge is 0.406 e. The minimum Gasteiger partial charge on any atom is -0.475 e. The normalized spacial score (nSPS) is 34.8. The van der Waals surface area contributed by atoms with E-state index in [9.17, 15) is 14.9 Å². The van der Waals surface area contributed by atoms with Crippen molar-refractivity contribution in [2.45, 2.75) is 51.6 Å². The molecule has 0 unspecified atom stereocenters. The lowest BCUT2D eigenvalue weighted by Gasteiger charge is -2.56. The summed E-state index contributed by atoms with van der Waals surface area (Å²) in [6.07, 6.45) is 7.42. The van der Waals surface area contributed by atoms with Crippen LogP contribution in [0.4, 0.5) is 5.82 Å². The Morgan fingerprint density at radius 3 is 2.42 bits per heavy atom. The summed E-state index contributed by atoms with van der Waals surface area (Å²) in [7, 11) is 0. The highest BCUT2D eigenvalue weighted by atomic mass is 16.6. The van der Waals surface area contributed by atoms with Gasteiger partial charge in [0.25, 0.3) is 0 Å². The topological polar surface area (TPSA) is 82.3 Å². The number of aromatic nitrogens is 1. The van der Waals surface area contributed by atoms with Gasteiger partial charge in [-0.1, -0.05) is 0 Å². The highest BCUT2D eigenvalue weighted by Gasteiger charge is 2.55. The van der Waals surface area contributed by atoms with Gasteiger partial charge in [-0.15, -0.1) is 0 Å². The SMILES string of the molecule is C[C@@H](Oc1cccnc1[N+](=O)[O-])C(=O)C12CC3CC(CC(C3)C1)C2. The maximum atomic E-state index is 13.2. The summed E-state index contributed by atoms with van der Waals surface area (Å²) in [5.74, 6) is 1.91. The van der Waals surface area contributed by atoms with E-state index in [1.165, 1.54) is 31.5 Å². The molecule has 0 aliphatic heterocycles. The summed E-state index contributed by atoms with van der Waals surface area (Å²) in [5.41, 5.74) is -0.259. The first-order valence-corrected chi connectivity index (χ1v) is 8.77. The first-order chi connectivity index (χ1) is 11.5. The molecule has 4 bridgehead atoms. The number of pyridine rings is 1. The minimum absolute atomic E-state index is 0.0769. The van der Waals surface area contributed by atoms with Crippen LogP contribution in [-0.4, -0.2) is 21.8 Å². The lowest BCUT2D eigenvalue weighted by atomic mass is 9.48. The Hall–Kier alpha value is -1.98. The summed E-state index contributed by atoms with van der Waals surface area (Å²) in [4.78, 5) is 27.4. The molecular weight excluding hydrogens is 308 g/mol. The van der Waals surface area contributed by atoms with Crippen molar-refractivity contribution in [2.75, 3.05) is 0 Å². The van der Waals surface area contributed by atoms with E-state index >= 15 is 0 Å². The molecule has 6 heteroatoms. The third-order valence-corrected chi connectivity index (χ3v) is 6.16. The zero-order valence-electron chi connectivity index (χ0n) is 13.8. The van der Waals surface area contributed by atoms with E-state index < -0.39 is 11.0 Å². The maximum absolute atomic E-state index is 13.2. The molecule has 0 aromatic carbocycles. The van der Waals surface area contributed by atoms with Gasteiger partial charge < -0.3 is 14.9 Å². The van der Waals surface area contributed by atoms with Gasteiger partial charge in [0, 0.05) is 5.41 Å². The standard InChI is InChI=1S/C18H22N2O4/c1-11(24-15-3-2-4-19-17(15)20(22)23)16(21)18-8-12-5-13(9-18)7-14(6-12)10-18/h2-4,11-14H,5-10H2,1H3/t11-,12?,13?,14?,18?/m1/s1. The lowest BCUT2D eigenvalue weighted by molar-refractivity contribution is -0.390. The molecule has 4 aliphatic rings. The van der Waals surface area contributed by atoms with Crippen molar-refractivity contribution < 1.29 is 14.5 Å². The summed E-state index contributed by atoms with van der Waals surface area (Å²) in [6, 6.07) is 3.10. The first-order valence-electron chi connectivity index (χ1n) is 8.77. The molecule has 5 rings (SSSR count). The third-order valence-electron chi connectivity index (χ3n) is 6.16. The van der Waals surface area contributed by atoms with Crippen molar-refractivity contribution >= 4 is 11.6 Å². The quantitative estimate of drug-likeness (QED) is 0.609. The van der Waals surface area contributed by atoms with E-state index in [4.69, 9.17) is 4.74 Å². The van der Waals surface area contributed by atoms with Gasteiger partial charge in [0.1, 0.15) is 6.20 Å². The number of hydrogen-bond donors (Lipinski definition) is 0. The molecule has 1 aromatic rings. The molecule has 4 aliphatic carbocycles. The van der Waals surface area contributed by atoms with Crippen LogP contribution >= 0.6 is 0 Å². The Bertz CT molecular complexity index is 652. The molecule has 4 saturated carbocycles. The van der Waals surface area contributed by atoms with Gasteiger partial charge >= 0.3 is 5.82 Å². The molecule has 6 nitrogen and oxygen atoms in total. The Morgan fingerprint density at radius 2 is 1.88 bits per heavy atom. The van der Waals surface area contributed by atoms with Crippen LogP contribution in [0.25, 0.3) is 0 Å². The van der Waals surface area contributed by atoms with E-state index in [0.717, 1.165) is 19.3 Å². The van der Waals surface area contributed by atoms with Gasteiger partial charge in [-0.05, 0) is 85.2 Å². The molecule has 128 valence electrons. The number of hydrogen-bond acceptors (Lipinski definition) is 5. The fourth-order valence-electron chi connectivity index (χ4n) is 5.70. The molecule has 1 atom stereocenters. The fraction of sp³-hybridized carbons (Fsp3) is 0.667. The Morgan fingerprint density at radius 1 is 1.29 bits per heavy atom. The summed E-state index contributed by atoms with van der Waals surface area (Å²) < 4.78 is 5.70. The second kappa shape index (κ2) is 5.53. The monoisotopic (exact) mass is 330 g/mol. The molecule has 1 aromatic heterocycles. The number of Topliss-reactive ketones (excluding diaryl/α,β-unsaturated/α-hetero) is 1. The molecular formula is C18H22N2O4. The van der Waals surface area contributed by atoms with E-state index in [2.05, 4.69) is 4.98 Å². The van der Waals surface area contributed by atoms with Gasteiger partial charge in [0.15, 0.2) is 11.9 Å². The van der Waals surface area contributed by atoms with E-state index in [0.29, 0.717) is 17.8 Å². The number of nitrogens with zero attached hydrogens (tertiary/aromatic N) is 2. The maximum Gasteiger partial charge on any atom is 0.406 e. The molecule has 0 amide bonds. The Labute approximate surface area is 140 Å². The van der Waals surface area contributed by atoms with Gasteiger partial charge in [0.2, 0.25) is 5.75 Å². The second-order valence-corrected chi connectivity index (χ2v) is 7.90. The highest BCUT2D eigenvalue weighted by molar-refractivity contribution is 5.89.